The molecule has 0 saturated carbocycles. The zero-order valence-corrected chi connectivity index (χ0v) is 11.7. The fourth-order valence-electron chi connectivity index (χ4n) is 2.38. The van der Waals surface area contributed by atoms with E-state index in [0.29, 0.717) is 6.54 Å². The number of carbonyl (C=O) groups excluding carboxylic acids is 1. The Labute approximate surface area is 114 Å². The third-order valence-electron chi connectivity index (χ3n) is 3.49. The van der Waals surface area contributed by atoms with Crippen molar-refractivity contribution in [3.63, 3.8) is 0 Å². The lowest BCUT2D eigenvalue weighted by atomic mass is 10.1. The van der Waals surface area contributed by atoms with E-state index in [1.807, 2.05) is 32.0 Å². The van der Waals surface area contributed by atoms with Crippen LogP contribution in [0.2, 0.25) is 0 Å². The fraction of sp³-hybridized carbons (Fsp3) is 0.533. The van der Waals surface area contributed by atoms with Crippen molar-refractivity contribution in [2.45, 2.75) is 32.7 Å². The molecule has 104 valence electrons. The molecule has 2 N–H and O–H groups in total. The molecule has 0 bridgehead atoms. The van der Waals surface area contributed by atoms with Crippen LogP contribution in [-0.2, 0) is 9.53 Å². The molecule has 1 heterocycles. The minimum atomic E-state index is 0.0505. The van der Waals surface area contributed by atoms with Crippen molar-refractivity contribution in [2.75, 3.05) is 25.1 Å². The molecular formula is C15H22N2O2. The van der Waals surface area contributed by atoms with Crippen molar-refractivity contribution in [1.82, 2.24) is 5.32 Å². The van der Waals surface area contributed by atoms with Crippen molar-refractivity contribution in [3.05, 3.63) is 29.3 Å². The minimum absolute atomic E-state index is 0.0505. The van der Waals surface area contributed by atoms with Crippen LogP contribution < -0.4 is 10.6 Å². The number of hydrogen-bond acceptors (Lipinski definition) is 3. The molecule has 0 aliphatic carbocycles. The van der Waals surface area contributed by atoms with Crippen molar-refractivity contribution >= 4 is 11.6 Å². The standard InChI is InChI=1S/C15H22N2O2/c1-11-4-3-5-12(2)15(11)16-10-14(18)17-13-6-8-19-9-7-13/h3-5,13,16H,6-10H2,1-2H3,(H,17,18). The molecule has 1 aliphatic rings. The number of amides is 1. The van der Waals surface area contributed by atoms with E-state index in [1.54, 1.807) is 0 Å². The zero-order chi connectivity index (χ0) is 13.7. The van der Waals surface area contributed by atoms with Gasteiger partial charge in [0.15, 0.2) is 0 Å². The van der Waals surface area contributed by atoms with E-state index in [-0.39, 0.29) is 11.9 Å². The number of aryl methyl sites for hydroxylation is 2. The van der Waals surface area contributed by atoms with E-state index in [0.717, 1.165) is 31.7 Å². The highest BCUT2D eigenvalue weighted by Crippen LogP contribution is 2.18. The molecule has 2 rings (SSSR count). The predicted molar refractivity (Wildman–Crippen MR) is 76.4 cm³/mol. The third kappa shape index (κ3) is 3.96. The number of rotatable bonds is 4. The number of nitrogens with one attached hydrogen (secondary N) is 2. The van der Waals surface area contributed by atoms with Gasteiger partial charge < -0.3 is 15.4 Å². The van der Waals surface area contributed by atoms with E-state index in [4.69, 9.17) is 4.74 Å². The lowest BCUT2D eigenvalue weighted by molar-refractivity contribution is -0.120. The van der Waals surface area contributed by atoms with E-state index in [2.05, 4.69) is 10.6 Å². The molecule has 0 atom stereocenters. The summed E-state index contributed by atoms with van der Waals surface area (Å²) in [5.41, 5.74) is 3.39. The molecule has 1 aromatic rings. The maximum Gasteiger partial charge on any atom is 0.239 e. The average Bonchev–Trinajstić information content (AvgIpc) is 2.39. The van der Waals surface area contributed by atoms with Gasteiger partial charge in [-0.25, -0.2) is 0 Å². The van der Waals surface area contributed by atoms with Gasteiger partial charge in [0.25, 0.3) is 0 Å². The van der Waals surface area contributed by atoms with Crippen LogP contribution in [0.15, 0.2) is 18.2 Å². The first kappa shape index (κ1) is 13.9. The van der Waals surface area contributed by atoms with Gasteiger partial charge in [-0.1, -0.05) is 18.2 Å². The van der Waals surface area contributed by atoms with Crippen LogP contribution in [0.3, 0.4) is 0 Å². The fourth-order valence-corrected chi connectivity index (χ4v) is 2.38. The Kier molecular flexibility index (Phi) is 4.80. The van der Waals surface area contributed by atoms with Crippen LogP contribution in [-0.4, -0.2) is 31.7 Å². The number of benzene rings is 1. The highest BCUT2D eigenvalue weighted by molar-refractivity contribution is 5.81. The Bertz CT molecular complexity index is 420. The second-order valence-corrected chi connectivity index (χ2v) is 5.07. The number of hydrogen-bond donors (Lipinski definition) is 2. The molecule has 1 aromatic carbocycles. The number of anilines is 1. The Morgan fingerprint density at radius 3 is 2.53 bits per heavy atom. The van der Waals surface area contributed by atoms with Gasteiger partial charge >= 0.3 is 0 Å². The van der Waals surface area contributed by atoms with Crippen LogP contribution >= 0.6 is 0 Å². The quantitative estimate of drug-likeness (QED) is 0.872. The molecule has 0 unspecified atom stereocenters. The normalized spacial score (nSPS) is 16.1. The van der Waals surface area contributed by atoms with Gasteiger partial charge in [0, 0.05) is 24.9 Å². The molecule has 1 amide bonds. The topological polar surface area (TPSA) is 50.4 Å². The van der Waals surface area contributed by atoms with Gasteiger partial charge in [0.1, 0.15) is 0 Å². The summed E-state index contributed by atoms with van der Waals surface area (Å²) in [4.78, 5) is 11.9. The summed E-state index contributed by atoms with van der Waals surface area (Å²) >= 11 is 0. The van der Waals surface area contributed by atoms with Gasteiger partial charge in [0.2, 0.25) is 5.91 Å². The number of para-hydroxylation sites is 1. The van der Waals surface area contributed by atoms with Crippen LogP contribution in [0, 0.1) is 13.8 Å². The van der Waals surface area contributed by atoms with Gasteiger partial charge in [-0.15, -0.1) is 0 Å². The SMILES string of the molecule is Cc1cccc(C)c1NCC(=O)NC1CCOCC1. The Balaban J connectivity index is 1.83. The van der Waals surface area contributed by atoms with Crippen molar-refractivity contribution < 1.29 is 9.53 Å². The summed E-state index contributed by atoms with van der Waals surface area (Å²) in [6, 6.07) is 6.39. The smallest absolute Gasteiger partial charge is 0.239 e. The lowest BCUT2D eigenvalue weighted by Crippen LogP contribution is -2.41. The first-order valence-corrected chi connectivity index (χ1v) is 6.84. The molecule has 0 radical (unpaired) electrons. The van der Waals surface area contributed by atoms with Crippen LogP contribution in [0.4, 0.5) is 5.69 Å². The Hall–Kier alpha value is -1.55. The van der Waals surface area contributed by atoms with Crippen molar-refractivity contribution in [3.8, 4) is 0 Å². The summed E-state index contributed by atoms with van der Waals surface area (Å²) in [5.74, 6) is 0.0505. The predicted octanol–water partition coefficient (Wildman–Crippen LogP) is 2.01. The second kappa shape index (κ2) is 6.57. The molecule has 1 aliphatic heterocycles. The van der Waals surface area contributed by atoms with Crippen LogP contribution in [0.1, 0.15) is 24.0 Å². The third-order valence-corrected chi connectivity index (χ3v) is 3.49. The average molecular weight is 262 g/mol. The van der Waals surface area contributed by atoms with Gasteiger partial charge in [-0.3, -0.25) is 4.79 Å². The molecule has 1 fully saturated rings. The number of carbonyl (C=O) groups is 1. The molecule has 19 heavy (non-hydrogen) atoms. The van der Waals surface area contributed by atoms with Gasteiger partial charge in [-0.05, 0) is 37.8 Å². The molecular weight excluding hydrogens is 240 g/mol. The van der Waals surface area contributed by atoms with E-state index in [1.165, 1.54) is 11.1 Å². The van der Waals surface area contributed by atoms with Crippen molar-refractivity contribution in [2.24, 2.45) is 0 Å². The monoisotopic (exact) mass is 262 g/mol. The van der Waals surface area contributed by atoms with E-state index < -0.39 is 0 Å². The summed E-state index contributed by atoms with van der Waals surface area (Å²) in [5, 5.41) is 6.27. The Morgan fingerprint density at radius 1 is 1.26 bits per heavy atom. The highest BCUT2D eigenvalue weighted by atomic mass is 16.5. The molecule has 4 heteroatoms. The minimum Gasteiger partial charge on any atom is -0.381 e. The molecule has 4 nitrogen and oxygen atoms in total. The maximum absolute atomic E-state index is 11.9. The van der Waals surface area contributed by atoms with Gasteiger partial charge in [-0.2, -0.15) is 0 Å². The first-order valence-electron chi connectivity index (χ1n) is 6.84. The highest BCUT2D eigenvalue weighted by Gasteiger charge is 2.15. The van der Waals surface area contributed by atoms with E-state index in [9.17, 15) is 4.79 Å². The van der Waals surface area contributed by atoms with Gasteiger partial charge in [0.05, 0.1) is 6.54 Å². The summed E-state index contributed by atoms with van der Waals surface area (Å²) in [6.45, 7) is 5.91. The van der Waals surface area contributed by atoms with Crippen LogP contribution in [0.25, 0.3) is 0 Å². The van der Waals surface area contributed by atoms with Crippen molar-refractivity contribution in [1.29, 1.82) is 0 Å². The van der Waals surface area contributed by atoms with Crippen LogP contribution in [0.5, 0.6) is 0 Å². The molecule has 0 aromatic heterocycles. The zero-order valence-electron chi connectivity index (χ0n) is 11.7. The molecule has 1 saturated heterocycles. The molecule has 0 spiro atoms. The lowest BCUT2D eigenvalue weighted by Gasteiger charge is -2.23. The Morgan fingerprint density at radius 2 is 1.89 bits per heavy atom. The summed E-state index contributed by atoms with van der Waals surface area (Å²) in [6.07, 6.45) is 1.82. The number of ether oxygens (including phenoxy) is 1. The second-order valence-electron chi connectivity index (χ2n) is 5.07. The largest absolute Gasteiger partial charge is 0.381 e. The summed E-state index contributed by atoms with van der Waals surface area (Å²) in [7, 11) is 0. The maximum atomic E-state index is 11.9. The summed E-state index contributed by atoms with van der Waals surface area (Å²) < 4.78 is 5.28. The van der Waals surface area contributed by atoms with E-state index >= 15 is 0 Å². The first-order chi connectivity index (χ1) is 9.16.